The minimum atomic E-state index is 0.250. The first-order valence-corrected chi connectivity index (χ1v) is 5.25. The molecule has 0 aliphatic heterocycles. The highest BCUT2D eigenvalue weighted by Crippen LogP contribution is 1.99. The Kier molecular flexibility index (Phi) is 20.9. The topological polar surface area (TPSA) is 20.2 Å². The summed E-state index contributed by atoms with van der Waals surface area (Å²) >= 11 is 0. The van der Waals surface area contributed by atoms with E-state index in [2.05, 4.69) is 21.1 Å². The average molecular weight is 171 g/mol. The Morgan fingerprint density at radius 3 is 1.50 bits per heavy atom. The van der Waals surface area contributed by atoms with Gasteiger partial charge in [-0.15, -0.1) is 0 Å². The van der Waals surface area contributed by atoms with Crippen molar-refractivity contribution in [3.63, 3.8) is 0 Å². The molecule has 0 atom stereocenters. The fraction of sp³-hybridized carbons (Fsp3) is 1.00. The van der Waals surface area contributed by atoms with Gasteiger partial charge in [-0.3, -0.25) is 0 Å². The molecule has 0 fully saturated rings. The van der Waals surface area contributed by atoms with Crippen molar-refractivity contribution in [2.24, 2.45) is 0 Å². The Labute approximate surface area is 78.8 Å². The van der Waals surface area contributed by atoms with E-state index in [0.717, 1.165) is 0 Å². The van der Waals surface area contributed by atoms with Crippen LogP contribution in [0.3, 0.4) is 0 Å². The normalized spacial score (nSPS) is 8.67. The van der Waals surface area contributed by atoms with Crippen LogP contribution in [0.25, 0.3) is 0 Å². The van der Waals surface area contributed by atoms with Crippen molar-refractivity contribution < 1.29 is 5.11 Å². The zero-order valence-electron chi connectivity index (χ0n) is 8.97. The SMILES string of the molecule is CCCC[B]CCCC.CCO. The molecule has 0 aliphatic carbocycles. The highest BCUT2D eigenvalue weighted by Gasteiger charge is 1.88. The van der Waals surface area contributed by atoms with Crippen LogP contribution in [0, 0.1) is 0 Å². The van der Waals surface area contributed by atoms with Gasteiger partial charge in [0.1, 0.15) is 7.28 Å². The first kappa shape index (κ1) is 14.5. The number of hydrogen-bond donors (Lipinski definition) is 1. The lowest BCUT2D eigenvalue weighted by Gasteiger charge is -1.94. The molecule has 1 radical (unpaired) electrons. The summed E-state index contributed by atoms with van der Waals surface area (Å²) < 4.78 is 0. The van der Waals surface area contributed by atoms with Gasteiger partial charge in [0.2, 0.25) is 0 Å². The molecule has 0 bridgehead atoms. The number of aliphatic hydroxyl groups is 1. The maximum atomic E-state index is 7.57. The summed E-state index contributed by atoms with van der Waals surface area (Å²) in [6.45, 7) is 6.42. The predicted octanol–water partition coefficient (Wildman–Crippen LogP) is 3.13. The highest BCUT2D eigenvalue weighted by atomic mass is 16.2. The molecule has 0 saturated heterocycles. The van der Waals surface area contributed by atoms with Gasteiger partial charge in [-0.05, 0) is 6.92 Å². The summed E-state index contributed by atoms with van der Waals surface area (Å²) in [5, 5.41) is 7.57. The molecular weight excluding hydrogens is 147 g/mol. The van der Waals surface area contributed by atoms with E-state index in [1.165, 1.54) is 38.3 Å². The van der Waals surface area contributed by atoms with Crippen LogP contribution in [0.15, 0.2) is 0 Å². The maximum Gasteiger partial charge on any atom is 0.109 e. The second kappa shape index (κ2) is 17.2. The quantitative estimate of drug-likeness (QED) is 0.480. The summed E-state index contributed by atoms with van der Waals surface area (Å²) in [6.07, 6.45) is 8.09. The van der Waals surface area contributed by atoms with E-state index in [-0.39, 0.29) is 6.61 Å². The first-order valence-electron chi connectivity index (χ1n) is 5.25. The van der Waals surface area contributed by atoms with Crippen LogP contribution in [0.5, 0.6) is 0 Å². The predicted molar refractivity (Wildman–Crippen MR) is 57.9 cm³/mol. The second-order valence-electron chi connectivity index (χ2n) is 2.89. The van der Waals surface area contributed by atoms with Crippen LogP contribution < -0.4 is 0 Å². The molecule has 2 heteroatoms. The minimum Gasteiger partial charge on any atom is -0.397 e. The molecule has 0 aliphatic rings. The molecule has 0 heterocycles. The Hall–Kier alpha value is 0.0249. The molecule has 0 spiro atoms. The number of hydrogen-bond acceptors (Lipinski definition) is 1. The number of unbranched alkanes of at least 4 members (excludes halogenated alkanes) is 2. The van der Waals surface area contributed by atoms with Crippen molar-refractivity contribution in [3.05, 3.63) is 0 Å². The summed E-state index contributed by atoms with van der Waals surface area (Å²) in [5.74, 6) is 0. The molecule has 0 aromatic rings. The highest BCUT2D eigenvalue weighted by molar-refractivity contribution is 6.35. The Morgan fingerprint density at radius 2 is 1.25 bits per heavy atom. The van der Waals surface area contributed by atoms with Gasteiger partial charge in [-0.1, -0.05) is 52.2 Å². The van der Waals surface area contributed by atoms with Crippen molar-refractivity contribution in [2.75, 3.05) is 6.61 Å². The Bertz CT molecular complexity index is 51.8. The standard InChI is InChI=1S/C8H18B.C2H6O/c1-3-5-7-9-8-6-4-2;1-2-3/h3-8H2,1-2H3;3H,2H2,1H3. The van der Waals surface area contributed by atoms with Crippen molar-refractivity contribution >= 4 is 7.28 Å². The lowest BCUT2D eigenvalue weighted by atomic mass is 9.68. The fourth-order valence-corrected chi connectivity index (χ4v) is 0.841. The van der Waals surface area contributed by atoms with E-state index in [4.69, 9.17) is 5.11 Å². The second-order valence-corrected chi connectivity index (χ2v) is 2.89. The van der Waals surface area contributed by atoms with Crippen LogP contribution in [-0.2, 0) is 0 Å². The molecule has 73 valence electrons. The van der Waals surface area contributed by atoms with Gasteiger partial charge in [0.05, 0.1) is 0 Å². The number of rotatable bonds is 6. The van der Waals surface area contributed by atoms with E-state index in [9.17, 15) is 0 Å². The van der Waals surface area contributed by atoms with Gasteiger partial charge in [0, 0.05) is 6.61 Å². The lowest BCUT2D eigenvalue weighted by Crippen LogP contribution is -1.87. The van der Waals surface area contributed by atoms with Crippen LogP contribution in [0.1, 0.15) is 46.5 Å². The average Bonchev–Trinajstić information content (AvgIpc) is 2.06. The van der Waals surface area contributed by atoms with Gasteiger partial charge in [0.25, 0.3) is 0 Å². The number of aliphatic hydroxyl groups excluding tert-OH is 1. The Balaban J connectivity index is 0. The smallest absolute Gasteiger partial charge is 0.109 e. The van der Waals surface area contributed by atoms with Gasteiger partial charge in [-0.25, -0.2) is 0 Å². The molecule has 0 aromatic heterocycles. The van der Waals surface area contributed by atoms with E-state index < -0.39 is 0 Å². The van der Waals surface area contributed by atoms with Crippen LogP contribution >= 0.6 is 0 Å². The molecule has 12 heavy (non-hydrogen) atoms. The monoisotopic (exact) mass is 171 g/mol. The van der Waals surface area contributed by atoms with Crippen LogP contribution in [0.4, 0.5) is 0 Å². The van der Waals surface area contributed by atoms with Gasteiger partial charge < -0.3 is 5.11 Å². The summed E-state index contributed by atoms with van der Waals surface area (Å²) in [6, 6.07) is 0. The molecule has 0 unspecified atom stereocenters. The third-order valence-corrected chi connectivity index (χ3v) is 1.52. The third kappa shape index (κ3) is 22.5. The summed E-state index contributed by atoms with van der Waals surface area (Å²) in [4.78, 5) is 0. The summed E-state index contributed by atoms with van der Waals surface area (Å²) in [7, 11) is 2.42. The molecule has 0 amide bonds. The zero-order chi connectivity index (χ0) is 9.66. The van der Waals surface area contributed by atoms with Gasteiger partial charge >= 0.3 is 0 Å². The van der Waals surface area contributed by atoms with E-state index in [1.807, 2.05) is 0 Å². The Morgan fingerprint density at radius 1 is 0.917 bits per heavy atom. The van der Waals surface area contributed by atoms with Crippen LogP contribution in [0.2, 0.25) is 12.6 Å². The van der Waals surface area contributed by atoms with Gasteiger partial charge in [-0.2, -0.15) is 0 Å². The van der Waals surface area contributed by atoms with E-state index in [0.29, 0.717) is 0 Å². The van der Waals surface area contributed by atoms with E-state index in [1.54, 1.807) is 6.92 Å². The third-order valence-electron chi connectivity index (χ3n) is 1.52. The zero-order valence-corrected chi connectivity index (χ0v) is 8.97. The molecule has 0 aromatic carbocycles. The first-order chi connectivity index (χ1) is 5.83. The molecule has 0 rings (SSSR count). The van der Waals surface area contributed by atoms with Crippen molar-refractivity contribution in [3.8, 4) is 0 Å². The molecule has 1 nitrogen and oxygen atoms in total. The van der Waals surface area contributed by atoms with Crippen LogP contribution in [-0.4, -0.2) is 19.0 Å². The fourth-order valence-electron chi connectivity index (χ4n) is 0.841. The van der Waals surface area contributed by atoms with Crippen molar-refractivity contribution in [2.45, 2.75) is 59.1 Å². The van der Waals surface area contributed by atoms with Gasteiger partial charge in [0.15, 0.2) is 0 Å². The van der Waals surface area contributed by atoms with E-state index >= 15 is 0 Å². The minimum absolute atomic E-state index is 0.250. The van der Waals surface area contributed by atoms with Crippen molar-refractivity contribution in [1.29, 1.82) is 0 Å². The largest absolute Gasteiger partial charge is 0.397 e. The molecular formula is C10H24BO. The molecule has 1 N–H and O–H groups in total. The maximum absolute atomic E-state index is 7.57. The lowest BCUT2D eigenvalue weighted by molar-refractivity contribution is 0.318. The molecule has 0 saturated carbocycles. The summed E-state index contributed by atoms with van der Waals surface area (Å²) in [5.41, 5.74) is 0. The van der Waals surface area contributed by atoms with Crippen molar-refractivity contribution in [1.82, 2.24) is 0 Å².